The lowest BCUT2D eigenvalue weighted by Crippen LogP contribution is -2.29. The third kappa shape index (κ3) is 4.04. The Balaban J connectivity index is 1.88. The highest BCUT2D eigenvalue weighted by Crippen LogP contribution is 2.17. The van der Waals surface area contributed by atoms with E-state index < -0.39 is 0 Å². The number of carbonyl (C=O) groups excluding carboxylic acids is 1. The van der Waals surface area contributed by atoms with Gasteiger partial charge in [0.25, 0.3) is 0 Å². The number of hydrogen-bond donors (Lipinski definition) is 1. The monoisotopic (exact) mass is 262 g/mol. The van der Waals surface area contributed by atoms with Crippen LogP contribution in [0.4, 0.5) is 0 Å². The summed E-state index contributed by atoms with van der Waals surface area (Å²) in [5.41, 5.74) is 7.83. The number of hydrogen-bond acceptors (Lipinski definition) is 3. The Labute approximate surface area is 114 Å². The van der Waals surface area contributed by atoms with Gasteiger partial charge in [0.1, 0.15) is 0 Å². The molecule has 0 saturated carbocycles. The standard InChI is InChI=1S/C15H22N2O2/c1-17(15(18)9-14-6-3-7-19-14)11-13-5-2-4-12(8-13)10-16/h2,4-5,8,14H,3,6-7,9-11,16H2,1H3. The molecular weight excluding hydrogens is 240 g/mol. The summed E-state index contributed by atoms with van der Waals surface area (Å²) in [6, 6.07) is 8.05. The predicted molar refractivity (Wildman–Crippen MR) is 74.4 cm³/mol. The summed E-state index contributed by atoms with van der Waals surface area (Å²) >= 11 is 0. The highest BCUT2D eigenvalue weighted by atomic mass is 16.5. The van der Waals surface area contributed by atoms with Gasteiger partial charge in [-0.25, -0.2) is 0 Å². The number of amides is 1. The van der Waals surface area contributed by atoms with Crippen molar-refractivity contribution in [2.45, 2.75) is 38.5 Å². The van der Waals surface area contributed by atoms with Crippen LogP contribution in [0, 0.1) is 0 Å². The van der Waals surface area contributed by atoms with Crippen molar-refractivity contribution in [3.05, 3.63) is 35.4 Å². The van der Waals surface area contributed by atoms with Crippen LogP contribution in [0.2, 0.25) is 0 Å². The van der Waals surface area contributed by atoms with Crippen molar-refractivity contribution in [1.82, 2.24) is 4.90 Å². The minimum absolute atomic E-state index is 0.116. The van der Waals surface area contributed by atoms with Gasteiger partial charge in [-0.2, -0.15) is 0 Å². The minimum atomic E-state index is 0.116. The number of ether oxygens (including phenoxy) is 1. The lowest BCUT2D eigenvalue weighted by Gasteiger charge is -2.19. The zero-order valence-electron chi connectivity index (χ0n) is 11.5. The molecule has 1 unspecified atom stereocenters. The van der Waals surface area contributed by atoms with E-state index in [2.05, 4.69) is 6.07 Å². The quantitative estimate of drug-likeness (QED) is 0.878. The molecule has 1 aliphatic heterocycles. The van der Waals surface area contributed by atoms with Crippen LogP contribution in [0.3, 0.4) is 0 Å². The summed E-state index contributed by atoms with van der Waals surface area (Å²) in [6.07, 6.45) is 2.68. The number of rotatable bonds is 5. The van der Waals surface area contributed by atoms with Gasteiger partial charge in [-0.3, -0.25) is 4.79 Å². The van der Waals surface area contributed by atoms with E-state index >= 15 is 0 Å². The molecule has 0 spiro atoms. The first-order valence-corrected chi connectivity index (χ1v) is 6.82. The Morgan fingerprint density at radius 2 is 2.26 bits per heavy atom. The highest BCUT2D eigenvalue weighted by Gasteiger charge is 2.21. The first-order chi connectivity index (χ1) is 9.19. The summed E-state index contributed by atoms with van der Waals surface area (Å²) in [4.78, 5) is 13.8. The van der Waals surface area contributed by atoms with Crippen LogP contribution in [-0.4, -0.2) is 30.6 Å². The number of benzene rings is 1. The molecule has 1 heterocycles. The van der Waals surface area contributed by atoms with Gasteiger partial charge in [0, 0.05) is 26.7 Å². The maximum atomic E-state index is 12.1. The second-order valence-corrected chi connectivity index (χ2v) is 5.11. The fourth-order valence-electron chi connectivity index (χ4n) is 2.37. The van der Waals surface area contributed by atoms with Crippen LogP contribution in [0.25, 0.3) is 0 Å². The van der Waals surface area contributed by atoms with Gasteiger partial charge >= 0.3 is 0 Å². The smallest absolute Gasteiger partial charge is 0.225 e. The number of carbonyl (C=O) groups is 1. The van der Waals surface area contributed by atoms with Gasteiger partial charge in [-0.05, 0) is 24.0 Å². The van der Waals surface area contributed by atoms with Crippen LogP contribution in [0.15, 0.2) is 24.3 Å². The first kappa shape index (κ1) is 14.0. The molecule has 0 radical (unpaired) electrons. The lowest BCUT2D eigenvalue weighted by atomic mass is 10.1. The fourth-order valence-corrected chi connectivity index (χ4v) is 2.37. The van der Waals surface area contributed by atoms with Gasteiger partial charge in [0.2, 0.25) is 5.91 Å². The van der Waals surface area contributed by atoms with E-state index in [-0.39, 0.29) is 12.0 Å². The Bertz CT molecular complexity index is 428. The van der Waals surface area contributed by atoms with E-state index in [1.807, 2.05) is 25.2 Å². The summed E-state index contributed by atoms with van der Waals surface area (Å²) in [5.74, 6) is 0.144. The topological polar surface area (TPSA) is 55.6 Å². The maximum Gasteiger partial charge on any atom is 0.225 e. The summed E-state index contributed by atoms with van der Waals surface area (Å²) in [5, 5.41) is 0. The van der Waals surface area contributed by atoms with Crippen molar-refractivity contribution in [1.29, 1.82) is 0 Å². The number of nitrogens with two attached hydrogens (primary N) is 1. The normalized spacial score (nSPS) is 18.5. The van der Waals surface area contributed by atoms with Gasteiger partial charge in [-0.15, -0.1) is 0 Å². The molecule has 1 aliphatic rings. The zero-order valence-corrected chi connectivity index (χ0v) is 11.5. The van der Waals surface area contributed by atoms with E-state index in [1.54, 1.807) is 4.90 Å². The van der Waals surface area contributed by atoms with E-state index in [1.165, 1.54) is 0 Å². The molecule has 19 heavy (non-hydrogen) atoms. The van der Waals surface area contributed by atoms with E-state index in [0.717, 1.165) is 30.6 Å². The molecule has 1 fully saturated rings. The fraction of sp³-hybridized carbons (Fsp3) is 0.533. The van der Waals surface area contributed by atoms with Gasteiger partial charge < -0.3 is 15.4 Å². The van der Waals surface area contributed by atoms with Gasteiger partial charge in [-0.1, -0.05) is 24.3 Å². The molecule has 1 saturated heterocycles. The predicted octanol–water partition coefficient (Wildman–Crippen LogP) is 1.67. The van der Waals surface area contributed by atoms with Crippen molar-refractivity contribution < 1.29 is 9.53 Å². The van der Waals surface area contributed by atoms with Crippen molar-refractivity contribution in [3.8, 4) is 0 Å². The van der Waals surface area contributed by atoms with E-state index in [0.29, 0.717) is 19.5 Å². The molecule has 1 aromatic rings. The molecule has 4 heteroatoms. The second-order valence-electron chi connectivity index (χ2n) is 5.11. The Morgan fingerprint density at radius 3 is 2.95 bits per heavy atom. The second kappa shape index (κ2) is 6.68. The molecule has 0 bridgehead atoms. The van der Waals surface area contributed by atoms with Gasteiger partial charge in [0.15, 0.2) is 0 Å². The molecule has 0 aliphatic carbocycles. The van der Waals surface area contributed by atoms with Crippen molar-refractivity contribution in [2.75, 3.05) is 13.7 Å². The molecule has 4 nitrogen and oxygen atoms in total. The van der Waals surface area contributed by atoms with Crippen LogP contribution >= 0.6 is 0 Å². The van der Waals surface area contributed by atoms with E-state index in [4.69, 9.17) is 10.5 Å². The molecule has 2 N–H and O–H groups in total. The summed E-state index contributed by atoms with van der Waals surface area (Å²) in [7, 11) is 1.84. The Morgan fingerprint density at radius 1 is 1.47 bits per heavy atom. The summed E-state index contributed by atoms with van der Waals surface area (Å²) in [6.45, 7) is 1.95. The third-order valence-corrected chi connectivity index (χ3v) is 3.50. The SMILES string of the molecule is CN(Cc1cccc(CN)c1)C(=O)CC1CCCO1. The Hall–Kier alpha value is -1.39. The molecule has 1 amide bonds. The molecule has 1 aromatic carbocycles. The van der Waals surface area contributed by atoms with Crippen LogP contribution in [0.1, 0.15) is 30.4 Å². The molecule has 2 rings (SSSR count). The lowest BCUT2D eigenvalue weighted by molar-refractivity contribution is -0.132. The van der Waals surface area contributed by atoms with E-state index in [9.17, 15) is 4.79 Å². The Kier molecular flexibility index (Phi) is 4.93. The average Bonchev–Trinajstić information content (AvgIpc) is 2.91. The molecule has 0 aromatic heterocycles. The first-order valence-electron chi connectivity index (χ1n) is 6.82. The zero-order chi connectivity index (χ0) is 13.7. The minimum Gasteiger partial charge on any atom is -0.378 e. The highest BCUT2D eigenvalue weighted by molar-refractivity contribution is 5.76. The third-order valence-electron chi connectivity index (χ3n) is 3.50. The van der Waals surface area contributed by atoms with Gasteiger partial charge in [0.05, 0.1) is 12.5 Å². The maximum absolute atomic E-state index is 12.1. The largest absolute Gasteiger partial charge is 0.378 e. The van der Waals surface area contributed by atoms with Crippen molar-refractivity contribution in [3.63, 3.8) is 0 Å². The van der Waals surface area contributed by atoms with Crippen LogP contribution in [-0.2, 0) is 22.6 Å². The molecule has 104 valence electrons. The summed E-state index contributed by atoms with van der Waals surface area (Å²) < 4.78 is 5.50. The van der Waals surface area contributed by atoms with Crippen molar-refractivity contribution in [2.24, 2.45) is 5.73 Å². The van der Waals surface area contributed by atoms with Crippen LogP contribution < -0.4 is 5.73 Å². The number of nitrogens with zero attached hydrogens (tertiary/aromatic N) is 1. The van der Waals surface area contributed by atoms with Crippen LogP contribution in [0.5, 0.6) is 0 Å². The molecule has 1 atom stereocenters. The van der Waals surface area contributed by atoms with Crippen molar-refractivity contribution >= 4 is 5.91 Å². The molecular formula is C15H22N2O2. The average molecular weight is 262 g/mol.